The number of hydrogen-bond acceptors (Lipinski definition) is 10. The van der Waals surface area contributed by atoms with Gasteiger partial charge in [-0.1, -0.05) is 36.4 Å². The van der Waals surface area contributed by atoms with Gasteiger partial charge >= 0.3 is 0 Å². The summed E-state index contributed by atoms with van der Waals surface area (Å²) in [4.78, 5) is 49.2. The van der Waals surface area contributed by atoms with Crippen molar-refractivity contribution in [2.75, 3.05) is 48.7 Å². The quantitative estimate of drug-likeness (QED) is 0.114. The molecule has 4 aliphatic heterocycles. The molecule has 3 atom stereocenters. The molecule has 0 spiro atoms. The number of hydrogen-bond donors (Lipinski definition) is 2. The number of unbranched alkanes of at least 4 members (excludes halogenated alkanes) is 2. The van der Waals surface area contributed by atoms with Crippen LogP contribution in [0.1, 0.15) is 65.4 Å². The zero-order chi connectivity index (χ0) is 38.9. The summed E-state index contributed by atoms with van der Waals surface area (Å²) in [5, 5.41) is 11.5. The molecular weight excluding hydrogens is 733 g/mol. The van der Waals surface area contributed by atoms with Gasteiger partial charge in [-0.15, -0.1) is 12.6 Å². The van der Waals surface area contributed by atoms with E-state index in [1.807, 2.05) is 64.5 Å². The number of carbonyl (C=O) groups is 3. The monoisotopic (exact) mass is 776 g/mol. The lowest BCUT2D eigenvalue weighted by atomic mass is 10.1. The molecule has 1 N–H and O–H groups in total. The zero-order valence-corrected chi connectivity index (χ0v) is 32.2. The number of aliphatic hydroxyl groups is 1. The molecule has 12 nitrogen and oxygen atoms in total. The Morgan fingerprint density at radius 3 is 2.18 bits per heavy atom. The van der Waals surface area contributed by atoms with Gasteiger partial charge < -0.3 is 33.9 Å². The Morgan fingerprint density at radius 1 is 0.804 bits per heavy atom. The Kier molecular flexibility index (Phi) is 10.6. The lowest BCUT2D eigenvalue weighted by molar-refractivity contribution is -0.121. The van der Waals surface area contributed by atoms with Gasteiger partial charge in [0, 0.05) is 61.1 Å². The Morgan fingerprint density at radius 2 is 1.46 bits per heavy atom. The molecule has 0 radical (unpaired) electrons. The highest BCUT2D eigenvalue weighted by atomic mass is 32.1. The summed E-state index contributed by atoms with van der Waals surface area (Å²) in [6.07, 6.45) is 4.44. The Hall–Kier alpha value is -5.53. The molecule has 2 amide bonds. The molecule has 4 heterocycles. The predicted octanol–water partition coefficient (Wildman–Crippen LogP) is 6.62. The number of rotatable bonds is 13. The van der Waals surface area contributed by atoms with Crippen molar-refractivity contribution in [3.8, 4) is 23.0 Å². The van der Waals surface area contributed by atoms with Crippen molar-refractivity contribution in [3.63, 3.8) is 0 Å². The number of ether oxygens (including phenoxy) is 4. The summed E-state index contributed by atoms with van der Waals surface area (Å²) in [5.41, 5.74) is 6.12. The fraction of sp³-hybridized carbons (Fsp3) is 0.349. The normalized spacial score (nSPS) is 18.8. The smallest absolute Gasteiger partial charge is 0.261 e. The number of amides is 2. The minimum absolute atomic E-state index is 0.00140. The van der Waals surface area contributed by atoms with E-state index in [9.17, 15) is 19.5 Å². The lowest BCUT2D eigenvalue weighted by Crippen LogP contribution is -2.43. The number of methoxy groups -OCH3 is 2. The average molecular weight is 777 g/mol. The van der Waals surface area contributed by atoms with Crippen molar-refractivity contribution >= 4 is 58.5 Å². The maximum atomic E-state index is 13.7. The molecule has 290 valence electrons. The molecule has 56 heavy (non-hydrogen) atoms. The average Bonchev–Trinajstić information content (AvgIpc) is 3.70. The van der Waals surface area contributed by atoms with Crippen LogP contribution in [0.2, 0.25) is 0 Å². The first kappa shape index (κ1) is 37.4. The molecule has 0 aromatic heterocycles. The number of thiol groups is 1. The van der Waals surface area contributed by atoms with Crippen LogP contribution in [0.3, 0.4) is 0 Å². The van der Waals surface area contributed by atoms with Crippen LogP contribution in [0.4, 0.5) is 22.7 Å². The first-order valence-electron chi connectivity index (χ1n) is 19.0. The van der Waals surface area contributed by atoms with Gasteiger partial charge in [-0.3, -0.25) is 24.3 Å². The number of carbonyl (C=O) groups excluding carboxylic acids is 3. The van der Waals surface area contributed by atoms with Gasteiger partial charge in [0.2, 0.25) is 5.91 Å². The largest absolute Gasteiger partial charge is 0.493 e. The van der Waals surface area contributed by atoms with Gasteiger partial charge in [0.25, 0.3) is 5.91 Å². The molecule has 4 aromatic rings. The third kappa shape index (κ3) is 7.05. The van der Waals surface area contributed by atoms with E-state index >= 15 is 0 Å². The second kappa shape index (κ2) is 15.9. The molecule has 0 fully saturated rings. The standard InChI is InChI=1S/C43H44N4O8S/c1-52-36-20-30-32(44-24-28-18-26-10-4-6-12-33(26)46(28)42(30)50)22-38(36)54-16-8-3-9-17-55-39-23-35-31(21-37(39)53-2)43(51)47-29(19-27-11-5-7-13-34(27)47)25-45(35)40(48)14-15-41(49)56/h4-7,10-13,20-24,28-29,43,51H,3,8-9,14-19,25H2,1-2H3,(H,49,56)/t28-,29-,43?/m0/s1. The van der Waals surface area contributed by atoms with E-state index in [2.05, 4.69) is 12.6 Å². The molecule has 8 rings (SSSR count). The van der Waals surface area contributed by atoms with Crippen LogP contribution in [0, 0.1) is 0 Å². The fourth-order valence-corrected chi connectivity index (χ4v) is 8.34. The van der Waals surface area contributed by atoms with E-state index in [0.29, 0.717) is 78.1 Å². The number of anilines is 3. The SMILES string of the molecule is COc1cc2c(cc1OCCCCCOc1cc3c(cc1OC)C(O)N1c4ccccc4C[C@H]1CN3C(=O)CCC(=O)S)N=C[C@@H]1Cc3ccccc3N1C2=O. The molecule has 0 aliphatic carbocycles. The van der Waals surface area contributed by atoms with Gasteiger partial charge in [-0.05, 0) is 61.1 Å². The third-order valence-electron chi connectivity index (χ3n) is 10.9. The number of nitrogens with zero attached hydrogens (tertiary/aromatic N) is 4. The summed E-state index contributed by atoms with van der Waals surface area (Å²) in [5.74, 6) is 1.54. The Labute approximate surface area is 331 Å². The minimum Gasteiger partial charge on any atom is -0.493 e. The number of para-hydroxylation sites is 2. The van der Waals surface area contributed by atoms with E-state index in [0.717, 1.165) is 41.8 Å². The first-order chi connectivity index (χ1) is 27.2. The molecule has 0 saturated carbocycles. The van der Waals surface area contributed by atoms with Crippen LogP contribution >= 0.6 is 12.6 Å². The molecular formula is C43H44N4O8S. The van der Waals surface area contributed by atoms with Crippen molar-refractivity contribution in [1.82, 2.24) is 0 Å². The summed E-state index contributed by atoms with van der Waals surface area (Å²) in [6.45, 7) is 1.12. The van der Waals surface area contributed by atoms with Crippen LogP contribution < -0.4 is 33.6 Å². The first-order valence-corrected chi connectivity index (χ1v) is 19.4. The van der Waals surface area contributed by atoms with Crippen molar-refractivity contribution in [1.29, 1.82) is 0 Å². The summed E-state index contributed by atoms with van der Waals surface area (Å²) in [7, 11) is 3.10. The van der Waals surface area contributed by atoms with Gasteiger partial charge in [0.05, 0.1) is 56.5 Å². The van der Waals surface area contributed by atoms with E-state index in [1.165, 1.54) is 0 Å². The maximum absolute atomic E-state index is 13.7. The molecule has 13 heteroatoms. The molecule has 4 aliphatic rings. The van der Waals surface area contributed by atoms with E-state index < -0.39 is 6.23 Å². The number of aliphatic hydroxyl groups excluding tert-OH is 1. The summed E-state index contributed by atoms with van der Waals surface area (Å²) >= 11 is 3.88. The lowest BCUT2D eigenvalue weighted by Gasteiger charge is -2.30. The zero-order valence-electron chi connectivity index (χ0n) is 31.3. The predicted molar refractivity (Wildman–Crippen MR) is 217 cm³/mol. The summed E-state index contributed by atoms with van der Waals surface area (Å²) < 4.78 is 23.8. The van der Waals surface area contributed by atoms with E-state index in [-0.39, 0.29) is 41.9 Å². The van der Waals surface area contributed by atoms with Gasteiger partial charge in [-0.25, -0.2) is 0 Å². The highest BCUT2D eigenvalue weighted by Gasteiger charge is 2.42. The van der Waals surface area contributed by atoms with Gasteiger partial charge in [0.15, 0.2) is 34.3 Å². The van der Waals surface area contributed by atoms with Crippen LogP contribution in [0.15, 0.2) is 77.8 Å². The molecule has 0 saturated heterocycles. The minimum atomic E-state index is -1.04. The highest BCUT2D eigenvalue weighted by molar-refractivity contribution is 7.96. The molecule has 1 unspecified atom stereocenters. The molecule has 0 bridgehead atoms. The second-order valence-electron chi connectivity index (χ2n) is 14.4. The van der Waals surface area contributed by atoms with Crippen LogP contribution in [-0.2, 0) is 22.4 Å². The summed E-state index contributed by atoms with van der Waals surface area (Å²) in [6, 6.07) is 22.6. The third-order valence-corrected chi connectivity index (χ3v) is 11.2. The van der Waals surface area contributed by atoms with Crippen molar-refractivity contribution in [2.24, 2.45) is 4.99 Å². The topological polar surface area (TPSA) is 130 Å². The maximum Gasteiger partial charge on any atom is 0.261 e. The highest BCUT2D eigenvalue weighted by Crippen LogP contribution is 2.47. The Balaban J connectivity index is 0.916. The van der Waals surface area contributed by atoms with Crippen LogP contribution in [0.5, 0.6) is 23.0 Å². The van der Waals surface area contributed by atoms with E-state index in [4.69, 9.17) is 23.9 Å². The fourth-order valence-electron chi connectivity index (χ4n) is 8.22. The van der Waals surface area contributed by atoms with Crippen molar-refractivity contribution < 1.29 is 38.4 Å². The number of benzene rings is 4. The number of fused-ring (bicyclic) bond motifs is 8. The van der Waals surface area contributed by atoms with E-state index in [1.54, 1.807) is 43.4 Å². The second-order valence-corrected chi connectivity index (χ2v) is 14.9. The Bertz CT molecular complexity index is 2210. The van der Waals surface area contributed by atoms with Gasteiger partial charge in [-0.2, -0.15) is 0 Å². The van der Waals surface area contributed by atoms with Gasteiger partial charge in [0.1, 0.15) is 0 Å². The van der Waals surface area contributed by atoms with Crippen molar-refractivity contribution in [2.45, 2.75) is 63.3 Å². The molecule has 4 aromatic carbocycles. The number of aliphatic imine (C=N–C) groups is 1. The van der Waals surface area contributed by atoms with Crippen LogP contribution in [-0.4, -0.2) is 74.3 Å². The van der Waals surface area contributed by atoms with Crippen molar-refractivity contribution in [3.05, 3.63) is 95.1 Å². The van der Waals surface area contributed by atoms with Crippen LogP contribution in [0.25, 0.3) is 0 Å².